The summed E-state index contributed by atoms with van der Waals surface area (Å²) in [6.45, 7) is 4.02. The Bertz CT molecular complexity index is 184. The Morgan fingerprint density at radius 3 is 2.42 bits per heavy atom. The third-order valence-corrected chi connectivity index (χ3v) is 2.29. The largest absolute Gasteiger partial charge is 0.392 e. The van der Waals surface area contributed by atoms with Crippen molar-refractivity contribution in [3.05, 3.63) is 0 Å². The molecule has 0 saturated carbocycles. The van der Waals surface area contributed by atoms with Crippen LogP contribution < -0.4 is 0 Å². The molecule has 0 aromatic carbocycles. The molecule has 68 valence electrons. The zero-order valence-corrected chi connectivity index (χ0v) is 7.50. The summed E-state index contributed by atoms with van der Waals surface area (Å²) < 4.78 is 4.27. The van der Waals surface area contributed by atoms with Gasteiger partial charge in [0, 0.05) is 0 Å². The van der Waals surface area contributed by atoms with Crippen LogP contribution in [0.3, 0.4) is 0 Å². The average Bonchev–Trinajstić information content (AvgIpc) is 2.00. The number of hydrogen-bond donors (Lipinski definition) is 0. The lowest BCUT2D eigenvalue weighted by molar-refractivity contribution is -0.187. The van der Waals surface area contributed by atoms with Gasteiger partial charge in [0.15, 0.2) is 5.92 Å². The van der Waals surface area contributed by atoms with Gasteiger partial charge in [-0.2, -0.15) is 0 Å². The van der Waals surface area contributed by atoms with E-state index in [9.17, 15) is 9.59 Å². The van der Waals surface area contributed by atoms with Crippen molar-refractivity contribution in [1.29, 1.82) is 0 Å². The van der Waals surface area contributed by atoms with E-state index in [1.165, 1.54) is 0 Å². The average molecular weight is 170 g/mol. The molecule has 3 heteroatoms. The van der Waals surface area contributed by atoms with Crippen LogP contribution in [0.2, 0.25) is 0 Å². The summed E-state index contributed by atoms with van der Waals surface area (Å²) in [4.78, 5) is 21.6. The van der Waals surface area contributed by atoms with Crippen molar-refractivity contribution in [2.45, 2.75) is 33.1 Å². The summed E-state index contributed by atoms with van der Waals surface area (Å²) in [5.41, 5.74) is 0. The van der Waals surface area contributed by atoms with Gasteiger partial charge in [0.05, 0.1) is 0 Å². The Hall–Kier alpha value is -0.860. The van der Waals surface area contributed by atoms with E-state index in [0.717, 1.165) is 19.3 Å². The number of rotatable bonds is 4. The Labute approximate surface area is 72.1 Å². The predicted octanol–water partition coefficient (Wildman–Crippen LogP) is 1.51. The number of esters is 2. The number of hydrogen-bond acceptors (Lipinski definition) is 3. The zero-order valence-electron chi connectivity index (χ0n) is 7.50. The van der Waals surface area contributed by atoms with E-state index < -0.39 is 5.92 Å². The SMILES string of the molecule is CCCCC(C)C1C(=O)OC1=O. The first-order valence-corrected chi connectivity index (χ1v) is 4.42. The predicted molar refractivity (Wildman–Crippen MR) is 43.3 cm³/mol. The number of carbonyl (C=O) groups excluding carboxylic acids is 2. The monoisotopic (exact) mass is 170 g/mol. The molecule has 0 bridgehead atoms. The van der Waals surface area contributed by atoms with Crippen LogP contribution in [0.15, 0.2) is 0 Å². The molecule has 1 heterocycles. The first kappa shape index (κ1) is 9.23. The zero-order chi connectivity index (χ0) is 9.14. The Kier molecular flexibility index (Phi) is 2.84. The van der Waals surface area contributed by atoms with E-state index in [2.05, 4.69) is 11.7 Å². The van der Waals surface area contributed by atoms with Crippen LogP contribution in [0.1, 0.15) is 33.1 Å². The number of unbranched alkanes of at least 4 members (excludes halogenated alkanes) is 1. The molecule has 1 aliphatic rings. The van der Waals surface area contributed by atoms with E-state index in [4.69, 9.17) is 0 Å². The molecule has 12 heavy (non-hydrogen) atoms. The minimum absolute atomic E-state index is 0.152. The highest BCUT2D eigenvalue weighted by Crippen LogP contribution is 2.27. The first-order valence-electron chi connectivity index (χ1n) is 4.42. The second-order valence-electron chi connectivity index (χ2n) is 3.34. The van der Waals surface area contributed by atoms with Crippen LogP contribution in [0, 0.1) is 11.8 Å². The summed E-state index contributed by atoms with van der Waals surface area (Å²) in [5.74, 6) is -0.998. The molecule has 0 aliphatic carbocycles. The van der Waals surface area contributed by atoms with Gasteiger partial charge in [-0.05, 0) is 12.3 Å². The fourth-order valence-corrected chi connectivity index (χ4v) is 1.42. The van der Waals surface area contributed by atoms with E-state index in [1.807, 2.05) is 6.92 Å². The van der Waals surface area contributed by atoms with Crippen molar-refractivity contribution in [2.75, 3.05) is 0 Å². The Balaban J connectivity index is 2.36. The Morgan fingerprint density at radius 1 is 1.42 bits per heavy atom. The highest BCUT2D eigenvalue weighted by atomic mass is 16.6. The molecular weight excluding hydrogens is 156 g/mol. The lowest BCUT2D eigenvalue weighted by Crippen LogP contribution is -2.44. The van der Waals surface area contributed by atoms with E-state index >= 15 is 0 Å². The van der Waals surface area contributed by atoms with Gasteiger partial charge in [-0.1, -0.05) is 26.7 Å². The molecule has 0 spiro atoms. The van der Waals surface area contributed by atoms with Crippen LogP contribution in [0.4, 0.5) is 0 Å². The van der Waals surface area contributed by atoms with Crippen molar-refractivity contribution >= 4 is 11.9 Å². The molecule has 0 aromatic heterocycles. The van der Waals surface area contributed by atoms with Crippen LogP contribution in [-0.2, 0) is 14.3 Å². The van der Waals surface area contributed by atoms with Gasteiger partial charge in [-0.25, -0.2) is 0 Å². The molecule has 0 radical (unpaired) electrons. The number of ether oxygens (including phenoxy) is 1. The molecule has 1 fully saturated rings. The molecule has 0 aromatic rings. The number of carbonyl (C=O) groups is 2. The van der Waals surface area contributed by atoms with Crippen molar-refractivity contribution in [3.8, 4) is 0 Å². The summed E-state index contributed by atoms with van der Waals surface area (Å²) in [6.07, 6.45) is 3.10. The highest BCUT2D eigenvalue weighted by molar-refractivity contribution is 6.09. The van der Waals surface area contributed by atoms with Gasteiger partial charge < -0.3 is 4.74 Å². The summed E-state index contributed by atoms with van der Waals surface area (Å²) in [7, 11) is 0. The van der Waals surface area contributed by atoms with Crippen LogP contribution in [0.5, 0.6) is 0 Å². The smallest absolute Gasteiger partial charge is 0.328 e. The minimum Gasteiger partial charge on any atom is -0.392 e. The van der Waals surface area contributed by atoms with Crippen molar-refractivity contribution in [3.63, 3.8) is 0 Å². The molecule has 1 rings (SSSR count). The van der Waals surface area contributed by atoms with Crippen LogP contribution >= 0.6 is 0 Å². The lowest BCUT2D eigenvalue weighted by atomic mass is 9.87. The van der Waals surface area contributed by atoms with E-state index in [0.29, 0.717) is 0 Å². The second-order valence-corrected chi connectivity index (χ2v) is 3.34. The fourth-order valence-electron chi connectivity index (χ4n) is 1.42. The van der Waals surface area contributed by atoms with Crippen LogP contribution in [-0.4, -0.2) is 11.9 Å². The molecule has 0 N–H and O–H groups in total. The summed E-state index contributed by atoms with van der Waals surface area (Å²) in [6, 6.07) is 0. The third-order valence-electron chi connectivity index (χ3n) is 2.29. The maximum atomic E-state index is 10.8. The van der Waals surface area contributed by atoms with Gasteiger partial charge in [0.25, 0.3) is 0 Å². The molecule has 1 saturated heterocycles. The molecule has 1 aliphatic heterocycles. The number of cyclic esters (lactones) is 2. The van der Waals surface area contributed by atoms with Gasteiger partial charge in [0.1, 0.15) is 0 Å². The maximum absolute atomic E-state index is 10.8. The normalized spacial score (nSPS) is 20.2. The lowest BCUT2D eigenvalue weighted by Gasteiger charge is -2.26. The fraction of sp³-hybridized carbons (Fsp3) is 0.778. The molecule has 1 atom stereocenters. The molecular formula is C9H14O3. The summed E-state index contributed by atoms with van der Waals surface area (Å²) >= 11 is 0. The molecule has 3 nitrogen and oxygen atoms in total. The Morgan fingerprint density at radius 2 is 2.00 bits per heavy atom. The standard InChI is InChI=1S/C9H14O3/c1-3-4-5-6(2)7-8(10)12-9(7)11/h6-7H,3-5H2,1-2H3. The van der Waals surface area contributed by atoms with Gasteiger partial charge in [0.2, 0.25) is 0 Å². The molecule has 0 amide bonds. The van der Waals surface area contributed by atoms with Crippen molar-refractivity contribution in [1.82, 2.24) is 0 Å². The van der Waals surface area contributed by atoms with Crippen LogP contribution in [0.25, 0.3) is 0 Å². The van der Waals surface area contributed by atoms with Gasteiger partial charge >= 0.3 is 11.9 Å². The van der Waals surface area contributed by atoms with Gasteiger partial charge in [-0.3, -0.25) is 9.59 Å². The van der Waals surface area contributed by atoms with Crippen molar-refractivity contribution in [2.24, 2.45) is 11.8 Å². The van der Waals surface area contributed by atoms with E-state index in [1.54, 1.807) is 0 Å². The van der Waals surface area contributed by atoms with E-state index in [-0.39, 0.29) is 17.9 Å². The second kappa shape index (κ2) is 3.70. The summed E-state index contributed by atoms with van der Waals surface area (Å²) in [5, 5.41) is 0. The maximum Gasteiger partial charge on any atom is 0.328 e. The minimum atomic E-state index is -0.462. The van der Waals surface area contributed by atoms with Gasteiger partial charge in [-0.15, -0.1) is 0 Å². The highest BCUT2D eigenvalue weighted by Gasteiger charge is 2.44. The third kappa shape index (κ3) is 1.65. The quantitative estimate of drug-likeness (QED) is 0.474. The molecule has 1 unspecified atom stereocenters. The topological polar surface area (TPSA) is 43.4 Å². The first-order chi connectivity index (χ1) is 5.66. The van der Waals surface area contributed by atoms with Crippen molar-refractivity contribution < 1.29 is 14.3 Å².